The first-order valence-electron chi connectivity index (χ1n) is 18.8. The van der Waals surface area contributed by atoms with Gasteiger partial charge in [-0.3, -0.25) is 0 Å². The Labute approximate surface area is 323 Å². The third kappa shape index (κ3) is 5.55. The highest BCUT2D eigenvalue weighted by Gasteiger charge is 2.17. The van der Waals surface area contributed by atoms with Crippen molar-refractivity contribution in [1.82, 2.24) is 9.97 Å². The number of benzene rings is 8. The van der Waals surface area contributed by atoms with E-state index in [4.69, 9.17) is 18.8 Å². The lowest BCUT2D eigenvalue weighted by Gasteiger charge is -2.14. The first kappa shape index (κ1) is 31.9. The standard InChI is InChI=1S/C52H32N2O2/c1-3-13-33(14-4-1)38-28-39(35-25-26-50-45(31-35)43-20-8-9-23-48(43)55-50)30-40(29-38)47-32-46(34-15-5-2-6-16-34)53-52(54-47)37-18-11-17-36(27-37)41-21-12-22-44-42-19-7-10-24-49(42)56-51(41)44/h1-32H. The second-order valence-corrected chi connectivity index (χ2v) is 14.2. The summed E-state index contributed by atoms with van der Waals surface area (Å²) in [7, 11) is 0. The molecule has 0 atom stereocenters. The van der Waals surface area contributed by atoms with Crippen LogP contribution in [0.25, 0.3) is 111 Å². The van der Waals surface area contributed by atoms with E-state index in [0.717, 1.165) is 105 Å². The Morgan fingerprint density at radius 1 is 0.286 bits per heavy atom. The van der Waals surface area contributed by atoms with Gasteiger partial charge in [-0.25, -0.2) is 9.97 Å². The summed E-state index contributed by atoms with van der Waals surface area (Å²) in [6.07, 6.45) is 0. The minimum absolute atomic E-state index is 0.651. The Balaban J connectivity index is 1.09. The molecule has 11 rings (SSSR count). The molecule has 0 bridgehead atoms. The van der Waals surface area contributed by atoms with E-state index in [1.165, 1.54) is 0 Å². The van der Waals surface area contributed by atoms with Gasteiger partial charge in [-0.2, -0.15) is 0 Å². The first-order valence-corrected chi connectivity index (χ1v) is 18.8. The Hall–Kier alpha value is -7.56. The third-order valence-electron chi connectivity index (χ3n) is 10.7. The van der Waals surface area contributed by atoms with Gasteiger partial charge in [-0.1, -0.05) is 140 Å². The number of furan rings is 2. The third-order valence-corrected chi connectivity index (χ3v) is 10.7. The quantitative estimate of drug-likeness (QED) is 0.172. The predicted molar refractivity (Wildman–Crippen MR) is 229 cm³/mol. The molecule has 0 aliphatic heterocycles. The van der Waals surface area contributed by atoms with Crippen LogP contribution in [0.5, 0.6) is 0 Å². The lowest BCUT2D eigenvalue weighted by Crippen LogP contribution is -1.97. The van der Waals surface area contributed by atoms with Crippen LogP contribution in [0.4, 0.5) is 0 Å². The lowest BCUT2D eigenvalue weighted by atomic mass is 9.94. The van der Waals surface area contributed by atoms with E-state index in [9.17, 15) is 0 Å². The molecule has 8 aromatic carbocycles. The summed E-state index contributed by atoms with van der Waals surface area (Å²) in [5.41, 5.74) is 14.7. The molecule has 4 heteroatoms. The maximum atomic E-state index is 6.44. The van der Waals surface area contributed by atoms with E-state index in [1.54, 1.807) is 0 Å². The minimum Gasteiger partial charge on any atom is -0.456 e. The van der Waals surface area contributed by atoms with Crippen LogP contribution in [0, 0.1) is 0 Å². The average molecular weight is 717 g/mol. The van der Waals surface area contributed by atoms with Crippen LogP contribution in [0.2, 0.25) is 0 Å². The summed E-state index contributed by atoms with van der Waals surface area (Å²) in [5, 5.41) is 4.41. The van der Waals surface area contributed by atoms with Gasteiger partial charge >= 0.3 is 0 Å². The number of hydrogen-bond acceptors (Lipinski definition) is 4. The van der Waals surface area contributed by atoms with Gasteiger partial charge in [0.1, 0.15) is 22.3 Å². The summed E-state index contributed by atoms with van der Waals surface area (Å²) >= 11 is 0. The molecule has 3 aromatic heterocycles. The number of hydrogen-bond donors (Lipinski definition) is 0. The van der Waals surface area contributed by atoms with Gasteiger partial charge in [-0.15, -0.1) is 0 Å². The molecule has 4 nitrogen and oxygen atoms in total. The van der Waals surface area contributed by atoms with Gasteiger partial charge in [0, 0.05) is 43.8 Å². The molecule has 0 aliphatic carbocycles. The van der Waals surface area contributed by atoms with E-state index in [0.29, 0.717) is 5.82 Å². The van der Waals surface area contributed by atoms with Crippen molar-refractivity contribution in [2.45, 2.75) is 0 Å². The van der Waals surface area contributed by atoms with E-state index in [1.807, 2.05) is 30.3 Å². The highest BCUT2D eigenvalue weighted by Crippen LogP contribution is 2.39. The average Bonchev–Trinajstić information content (AvgIpc) is 3.85. The second-order valence-electron chi connectivity index (χ2n) is 14.2. The van der Waals surface area contributed by atoms with Crippen molar-refractivity contribution < 1.29 is 8.83 Å². The van der Waals surface area contributed by atoms with Crippen LogP contribution in [-0.4, -0.2) is 9.97 Å². The molecule has 0 spiro atoms. The van der Waals surface area contributed by atoms with Gasteiger partial charge in [-0.05, 0) is 82.4 Å². The first-order chi connectivity index (χ1) is 27.7. The number of fused-ring (bicyclic) bond motifs is 6. The molecule has 0 N–H and O–H groups in total. The number of rotatable bonds is 6. The van der Waals surface area contributed by atoms with Crippen molar-refractivity contribution >= 4 is 43.9 Å². The maximum absolute atomic E-state index is 6.44. The maximum Gasteiger partial charge on any atom is 0.160 e. The van der Waals surface area contributed by atoms with Crippen LogP contribution >= 0.6 is 0 Å². The van der Waals surface area contributed by atoms with E-state index < -0.39 is 0 Å². The number of aromatic nitrogens is 2. The van der Waals surface area contributed by atoms with Crippen molar-refractivity contribution in [3.63, 3.8) is 0 Å². The molecule has 3 heterocycles. The molecule has 262 valence electrons. The van der Waals surface area contributed by atoms with E-state index in [2.05, 4.69) is 164 Å². The van der Waals surface area contributed by atoms with Crippen molar-refractivity contribution in [2.75, 3.05) is 0 Å². The fourth-order valence-electron chi connectivity index (χ4n) is 7.93. The number of nitrogens with zero attached hydrogens (tertiary/aromatic N) is 2. The van der Waals surface area contributed by atoms with Crippen LogP contribution in [-0.2, 0) is 0 Å². The molecular formula is C52H32N2O2. The van der Waals surface area contributed by atoms with Gasteiger partial charge in [0.2, 0.25) is 0 Å². The van der Waals surface area contributed by atoms with Gasteiger partial charge in [0.25, 0.3) is 0 Å². The van der Waals surface area contributed by atoms with E-state index >= 15 is 0 Å². The fraction of sp³-hybridized carbons (Fsp3) is 0. The Morgan fingerprint density at radius 2 is 0.821 bits per heavy atom. The molecule has 0 aliphatic rings. The van der Waals surface area contributed by atoms with Crippen molar-refractivity contribution in [3.8, 4) is 67.3 Å². The Bertz CT molecular complexity index is 3250. The van der Waals surface area contributed by atoms with Crippen LogP contribution < -0.4 is 0 Å². The highest BCUT2D eigenvalue weighted by atomic mass is 16.3. The number of para-hydroxylation sites is 3. The minimum atomic E-state index is 0.651. The normalized spacial score (nSPS) is 11.6. The Kier molecular flexibility index (Phi) is 7.46. The zero-order valence-electron chi connectivity index (χ0n) is 30.2. The summed E-state index contributed by atoms with van der Waals surface area (Å²) in [6.45, 7) is 0. The van der Waals surface area contributed by atoms with Crippen molar-refractivity contribution in [1.29, 1.82) is 0 Å². The fourth-order valence-corrected chi connectivity index (χ4v) is 7.93. The second kappa shape index (κ2) is 13.1. The van der Waals surface area contributed by atoms with Gasteiger partial charge in [0.15, 0.2) is 5.82 Å². The molecule has 56 heavy (non-hydrogen) atoms. The molecule has 0 saturated carbocycles. The summed E-state index contributed by atoms with van der Waals surface area (Å²) in [4.78, 5) is 10.5. The SMILES string of the molecule is c1ccc(-c2cc(-c3ccc4oc5ccccc5c4c3)cc(-c3cc(-c4ccccc4)nc(-c4cccc(-c5cccc6c5oc5ccccc56)c4)n3)c2)cc1. The van der Waals surface area contributed by atoms with Gasteiger partial charge < -0.3 is 8.83 Å². The lowest BCUT2D eigenvalue weighted by molar-refractivity contribution is 0.669. The monoisotopic (exact) mass is 716 g/mol. The van der Waals surface area contributed by atoms with Gasteiger partial charge in [0.05, 0.1) is 11.4 Å². The highest BCUT2D eigenvalue weighted by molar-refractivity contribution is 6.10. The largest absolute Gasteiger partial charge is 0.456 e. The van der Waals surface area contributed by atoms with Crippen LogP contribution in [0.1, 0.15) is 0 Å². The molecule has 0 unspecified atom stereocenters. The molecule has 0 radical (unpaired) electrons. The van der Waals surface area contributed by atoms with Crippen molar-refractivity contribution in [3.05, 3.63) is 194 Å². The zero-order valence-corrected chi connectivity index (χ0v) is 30.2. The van der Waals surface area contributed by atoms with Crippen LogP contribution in [0.15, 0.2) is 203 Å². The topological polar surface area (TPSA) is 52.1 Å². The molecule has 11 aromatic rings. The predicted octanol–water partition coefficient (Wildman–Crippen LogP) is 14.3. The molecule has 0 amide bonds. The summed E-state index contributed by atoms with van der Waals surface area (Å²) in [6, 6.07) is 67.4. The zero-order chi connectivity index (χ0) is 37.0. The smallest absolute Gasteiger partial charge is 0.160 e. The Morgan fingerprint density at radius 3 is 1.61 bits per heavy atom. The molecular weight excluding hydrogens is 685 g/mol. The van der Waals surface area contributed by atoms with Crippen molar-refractivity contribution in [2.24, 2.45) is 0 Å². The summed E-state index contributed by atoms with van der Waals surface area (Å²) < 4.78 is 12.6. The molecule has 0 saturated heterocycles. The van der Waals surface area contributed by atoms with E-state index in [-0.39, 0.29) is 0 Å². The van der Waals surface area contributed by atoms with Crippen LogP contribution in [0.3, 0.4) is 0 Å². The summed E-state index contributed by atoms with van der Waals surface area (Å²) in [5.74, 6) is 0.651. The molecule has 0 fully saturated rings.